The van der Waals surface area contributed by atoms with E-state index in [1.54, 1.807) is 0 Å². The standard InChI is InChI=1S/C7H12N2O2S/c8-3-1-2-4-9-6(10)5-12-7(9)11/h1-5,8H2/p+1. The van der Waals surface area contributed by atoms with Crippen LogP contribution < -0.4 is 5.73 Å². The van der Waals surface area contributed by atoms with Crippen molar-refractivity contribution in [3.63, 3.8) is 0 Å². The van der Waals surface area contributed by atoms with E-state index in [4.69, 9.17) is 0 Å². The van der Waals surface area contributed by atoms with Gasteiger partial charge in [0.15, 0.2) is 0 Å². The van der Waals surface area contributed by atoms with Crippen LogP contribution in [0.5, 0.6) is 0 Å². The van der Waals surface area contributed by atoms with Crippen molar-refractivity contribution in [2.24, 2.45) is 0 Å². The summed E-state index contributed by atoms with van der Waals surface area (Å²) in [6.07, 6.45) is 1.85. The summed E-state index contributed by atoms with van der Waals surface area (Å²) in [6.45, 7) is 1.43. The highest BCUT2D eigenvalue weighted by Crippen LogP contribution is 2.18. The molecule has 0 aromatic carbocycles. The molecular formula is C7H13N2O2S+. The molecule has 12 heavy (non-hydrogen) atoms. The number of nitrogens with zero attached hydrogens (tertiary/aromatic N) is 1. The molecule has 0 bridgehead atoms. The minimum absolute atomic E-state index is 0.0472. The van der Waals surface area contributed by atoms with Crippen molar-refractivity contribution in [3.05, 3.63) is 0 Å². The van der Waals surface area contributed by atoms with Gasteiger partial charge in [0.2, 0.25) is 5.91 Å². The smallest absolute Gasteiger partial charge is 0.288 e. The summed E-state index contributed by atoms with van der Waals surface area (Å²) >= 11 is 1.09. The summed E-state index contributed by atoms with van der Waals surface area (Å²) in [6, 6.07) is 0. The van der Waals surface area contributed by atoms with Crippen molar-refractivity contribution in [1.82, 2.24) is 4.90 Å². The van der Waals surface area contributed by atoms with Crippen molar-refractivity contribution in [2.75, 3.05) is 18.8 Å². The number of imide groups is 1. The van der Waals surface area contributed by atoms with Crippen LogP contribution in [0.1, 0.15) is 12.8 Å². The molecule has 1 fully saturated rings. The second-order valence-electron chi connectivity index (χ2n) is 2.66. The van der Waals surface area contributed by atoms with Gasteiger partial charge < -0.3 is 5.73 Å². The molecule has 1 saturated heterocycles. The summed E-state index contributed by atoms with van der Waals surface area (Å²) in [4.78, 5) is 23.4. The predicted octanol–water partition coefficient (Wildman–Crippen LogP) is -0.296. The Morgan fingerprint density at radius 3 is 2.67 bits per heavy atom. The van der Waals surface area contributed by atoms with Gasteiger partial charge in [-0.1, -0.05) is 11.8 Å². The highest BCUT2D eigenvalue weighted by molar-refractivity contribution is 8.14. The highest BCUT2D eigenvalue weighted by Gasteiger charge is 2.28. The molecule has 0 aromatic rings. The quantitative estimate of drug-likeness (QED) is 0.618. The molecular weight excluding hydrogens is 176 g/mol. The molecule has 68 valence electrons. The maximum Gasteiger partial charge on any atom is 0.288 e. The van der Waals surface area contributed by atoms with Crippen molar-refractivity contribution < 1.29 is 15.3 Å². The lowest BCUT2D eigenvalue weighted by Gasteiger charge is -2.10. The minimum Gasteiger partial charge on any atom is -0.358 e. The maximum absolute atomic E-state index is 11.0. The zero-order valence-electron chi connectivity index (χ0n) is 6.91. The zero-order valence-corrected chi connectivity index (χ0v) is 7.73. The highest BCUT2D eigenvalue weighted by atomic mass is 32.2. The molecule has 4 nitrogen and oxygen atoms in total. The van der Waals surface area contributed by atoms with Crippen LogP contribution in [-0.4, -0.2) is 34.9 Å². The SMILES string of the molecule is [NH3+]CCCCN1C(=O)CSC1=O. The molecule has 0 aromatic heterocycles. The average Bonchev–Trinajstić information content (AvgIpc) is 2.35. The number of hydrogen-bond donors (Lipinski definition) is 1. The number of carbonyl (C=O) groups is 2. The molecule has 1 aliphatic rings. The Hall–Kier alpha value is -0.550. The summed E-state index contributed by atoms with van der Waals surface area (Å²) in [5, 5.41) is -0.0935. The molecule has 0 saturated carbocycles. The minimum atomic E-state index is -0.0935. The number of unbranched alkanes of at least 4 members (excludes halogenated alkanes) is 1. The second-order valence-corrected chi connectivity index (χ2v) is 3.59. The van der Waals surface area contributed by atoms with Crippen LogP contribution in [0, 0.1) is 0 Å². The van der Waals surface area contributed by atoms with Crippen LogP contribution in [0.3, 0.4) is 0 Å². The Labute approximate surface area is 75.5 Å². The summed E-state index contributed by atoms with van der Waals surface area (Å²) in [7, 11) is 0. The molecule has 0 radical (unpaired) electrons. The molecule has 3 N–H and O–H groups in total. The van der Waals surface area contributed by atoms with Gasteiger partial charge in [0.05, 0.1) is 12.3 Å². The topological polar surface area (TPSA) is 65.0 Å². The van der Waals surface area contributed by atoms with E-state index in [0.717, 1.165) is 31.1 Å². The van der Waals surface area contributed by atoms with Gasteiger partial charge in [0, 0.05) is 6.54 Å². The lowest BCUT2D eigenvalue weighted by molar-refractivity contribution is -0.368. The molecule has 0 aliphatic carbocycles. The Morgan fingerprint density at radius 2 is 2.17 bits per heavy atom. The molecule has 1 heterocycles. The molecule has 1 rings (SSSR count). The van der Waals surface area contributed by atoms with Crippen LogP contribution in [0.2, 0.25) is 0 Å². The summed E-state index contributed by atoms with van der Waals surface area (Å²) in [5.41, 5.74) is 3.69. The maximum atomic E-state index is 11.0. The van der Waals surface area contributed by atoms with Crippen LogP contribution in [0.15, 0.2) is 0 Å². The lowest BCUT2D eigenvalue weighted by atomic mass is 10.3. The Kier molecular flexibility index (Phi) is 3.55. The fourth-order valence-electron chi connectivity index (χ4n) is 1.04. The van der Waals surface area contributed by atoms with E-state index in [1.165, 1.54) is 4.90 Å². The van der Waals surface area contributed by atoms with E-state index < -0.39 is 0 Å². The van der Waals surface area contributed by atoms with E-state index in [9.17, 15) is 9.59 Å². The number of thioether (sulfide) groups is 1. The van der Waals surface area contributed by atoms with E-state index in [1.807, 2.05) is 0 Å². The van der Waals surface area contributed by atoms with Crippen LogP contribution >= 0.6 is 11.8 Å². The van der Waals surface area contributed by atoms with Gasteiger partial charge in [0.1, 0.15) is 0 Å². The largest absolute Gasteiger partial charge is 0.358 e. The number of quaternary nitrogens is 1. The molecule has 1 aliphatic heterocycles. The summed E-state index contributed by atoms with van der Waals surface area (Å²) < 4.78 is 0. The predicted molar refractivity (Wildman–Crippen MR) is 46.6 cm³/mol. The fraction of sp³-hybridized carbons (Fsp3) is 0.714. The third-order valence-corrected chi connectivity index (χ3v) is 2.58. The number of rotatable bonds is 4. The first-order chi connectivity index (χ1) is 5.75. The van der Waals surface area contributed by atoms with Crippen LogP contribution in [0.25, 0.3) is 0 Å². The first-order valence-electron chi connectivity index (χ1n) is 4.02. The zero-order chi connectivity index (χ0) is 8.97. The van der Waals surface area contributed by atoms with E-state index in [0.29, 0.717) is 12.3 Å². The van der Waals surface area contributed by atoms with Gasteiger partial charge in [0.25, 0.3) is 5.24 Å². The van der Waals surface area contributed by atoms with Gasteiger partial charge in [-0.25, -0.2) is 0 Å². The van der Waals surface area contributed by atoms with Gasteiger partial charge >= 0.3 is 0 Å². The van der Waals surface area contributed by atoms with Crippen molar-refractivity contribution in [2.45, 2.75) is 12.8 Å². The number of carbonyl (C=O) groups excluding carboxylic acids is 2. The molecule has 5 heteroatoms. The second kappa shape index (κ2) is 4.47. The number of hydrogen-bond acceptors (Lipinski definition) is 3. The van der Waals surface area contributed by atoms with Crippen molar-refractivity contribution in [1.29, 1.82) is 0 Å². The lowest BCUT2D eigenvalue weighted by Crippen LogP contribution is -2.50. The Morgan fingerprint density at radius 1 is 1.42 bits per heavy atom. The van der Waals surface area contributed by atoms with Crippen LogP contribution in [0.4, 0.5) is 4.79 Å². The first-order valence-corrected chi connectivity index (χ1v) is 5.00. The van der Waals surface area contributed by atoms with Gasteiger partial charge in [-0.05, 0) is 12.8 Å². The monoisotopic (exact) mass is 189 g/mol. The molecule has 2 amide bonds. The van der Waals surface area contributed by atoms with E-state index in [2.05, 4.69) is 5.73 Å². The number of amides is 2. The van der Waals surface area contributed by atoms with Gasteiger partial charge in [-0.2, -0.15) is 0 Å². The van der Waals surface area contributed by atoms with Crippen LogP contribution in [-0.2, 0) is 4.79 Å². The molecule has 0 atom stereocenters. The summed E-state index contributed by atoms with van der Waals surface area (Å²) in [5.74, 6) is 0.275. The van der Waals surface area contributed by atoms with Crippen molar-refractivity contribution in [3.8, 4) is 0 Å². The first kappa shape index (κ1) is 9.54. The third kappa shape index (κ3) is 2.22. The van der Waals surface area contributed by atoms with E-state index in [-0.39, 0.29) is 11.1 Å². The normalized spacial score (nSPS) is 17.6. The molecule has 0 unspecified atom stereocenters. The Bertz CT molecular complexity index is 180. The molecule has 0 spiro atoms. The Balaban J connectivity index is 2.30. The van der Waals surface area contributed by atoms with Gasteiger partial charge in [-0.3, -0.25) is 14.5 Å². The third-order valence-electron chi connectivity index (χ3n) is 1.72. The van der Waals surface area contributed by atoms with Crippen molar-refractivity contribution >= 4 is 22.9 Å². The van der Waals surface area contributed by atoms with Gasteiger partial charge in [-0.15, -0.1) is 0 Å². The average molecular weight is 189 g/mol. The fourth-order valence-corrected chi connectivity index (χ4v) is 1.80. The van der Waals surface area contributed by atoms with E-state index >= 15 is 0 Å².